The van der Waals surface area contributed by atoms with Crippen LogP contribution in [0.2, 0.25) is 0 Å². The van der Waals surface area contributed by atoms with Gasteiger partial charge in [-0.15, -0.1) is 0 Å². The minimum absolute atomic E-state index is 0.00286. The third kappa shape index (κ3) is 4.01. The third-order valence-electron chi connectivity index (χ3n) is 4.59. The predicted molar refractivity (Wildman–Crippen MR) is 107 cm³/mol. The lowest BCUT2D eigenvalue weighted by atomic mass is 9.92. The minimum Gasteiger partial charge on any atom is -0.490 e. The van der Waals surface area contributed by atoms with Crippen molar-refractivity contribution >= 4 is 23.2 Å². The first-order chi connectivity index (χ1) is 13.2. The molecular formula is C22H25FN2O3. The van der Waals surface area contributed by atoms with Crippen LogP contribution < -0.4 is 15.0 Å². The topological polar surface area (TPSA) is 58.6 Å². The maximum atomic E-state index is 13.8. The van der Waals surface area contributed by atoms with Gasteiger partial charge in [0.25, 0.3) is 5.91 Å². The maximum absolute atomic E-state index is 13.8. The Bertz CT molecular complexity index is 908. The second-order valence-corrected chi connectivity index (χ2v) is 8.10. The Labute approximate surface area is 164 Å². The van der Waals surface area contributed by atoms with Gasteiger partial charge in [-0.3, -0.25) is 9.59 Å². The van der Waals surface area contributed by atoms with Crippen molar-refractivity contribution in [2.45, 2.75) is 27.7 Å². The molecule has 0 saturated carbocycles. The highest BCUT2D eigenvalue weighted by Crippen LogP contribution is 2.38. The first kappa shape index (κ1) is 19.9. The van der Waals surface area contributed by atoms with Gasteiger partial charge >= 0.3 is 0 Å². The van der Waals surface area contributed by atoms with Crippen LogP contribution in [0.4, 0.5) is 15.8 Å². The number of hydrogen-bond donors (Lipinski definition) is 1. The highest BCUT2D eigenvalue weighted by atomic mass is 19.1. The van der Waals surface area contributed by atoms with Crippen LogP contribution in [0.5, 0.6) is 5.75 Å². The SMILES string of the molecule is CC(C)CN1C(=O)C(C)(C)COc2cc(NC(=O)c3ccccc3F)ccc21. The Morgan fingerprint density at radius 2 is 1.96 bits per heavy atom. The monoisotopic (exact) mass is 384 g/mol. The number of carbonyl (C=O) groups is 2. The molecule has 28 heavy (non-hydrogen) atoms. The summed E-state index contributed by atoms with van der Waals surface area (Å²) >= 11 is 0. The second kappa shape index (κ2) is 7.62. The number of amides is 2. The van der Waals surface area contributed by atoms with Crippen LogP contribution in [0.1, 0.15) is 38.1 Å². The van der Waals surface area contributed by atoms with Crippen LogP contribution in [0.3, 0.4) is 0 Å². The number of ether oxygens (including phenoxy) is 1. The van der Waals surface area contributed by atoms with Crippen molar-refractivity contribution in [3.05, 3.63) is 53.8 Å². The summed E-state index contributed by atoms with van der Waals surface area (Å²) in [5, 5.41) is 2.69. The lowest BCUT2D eigenvalue weighted by Crippen LogP contribution is -2.43. The molecule has 1 aliphatic rings. The predicted octanol–water partition coefficient (Wildman–Crippen LogP) is 4.49. The lowest BCUT2D eigenvalue weighted by molar-refractivity contribution is -0.127. The number of nitrogens with zero attached hydrogens (tertiary/aromatic N) is 1. The van der Waals surface area contributed by atoms with E-state index in [-0.39, 0.29) is 24.0 Å². The van der Waals surface area contributed by atoms with Crippen LogP contribution in [0.25, 0.3) is 0 Å². The molecule has 3 rings (SSSR count). The van der Waals surface area contributed by atoms with Crippen molar-refractivity contribution in [2.24, 2.45) is 11.3 Å². The van der Waals surface area contributed by atoms with E-state index in [0.29, 0.717) is 23.7 Å². The van der Waals surface area contributed by atoms with Crippen molar-refractivity contribution in [1.82, 2.24) is 0 Å². The lowest BCUT2D eigenvalue weighted by Gasteiger charge is -2.29. The van der Waals surface area contributed by atoms with Crippen LogP contribution in [0, 0.1) is 17.2 Å². The fraction of sp³-hybridized carbons (Fsp3) is 0.364. The van der Waals surface area contributed by atoms with E-state index in [2.05, 4.69) is 19.2 Å². The van der Waals surface area contributed by atoms with E-state index in [1.807, 2.05) is 13.8 Å². The zero-order valence-corrected chi connectivity index (χ0v) is 16.6. The number of benzene rings is 2. The van der Waals surface area contributed by atoms with Crippen molar-refractivity contribution in [2.75, 3.05) is 23.4 Å². The molecule has 0 unspecified atom stereocenters. The molecule has 2 aromatic rings. The number of halogens is 1. The molecule has 1 aliphatic heterocycles. The average Bonchev–Trinajstić information content (AvgIpc) is 2.72. The van der Waals surface area contributed by atoms with Crippen LogP contribution in [-0.2, 0) is 4.79 Å². The van der Waals surface area contributed by atoms with Gasteiger partial charge in [-0.2, -0.15) is 0 Å². The van der Waals surface area contributed by atoms with Crippen molar-refractivity contribution < 1.29 is 18.7 Å². The molecule has 6 heteroatoms. The zero-order chi connectivity index (χ0) is 20.5. The molecule has 0 fully saturated rings. The Balaban J connectivity index is 1.92. The average molecular weight is 384 g/mol. The Morgan fingerprint density at radius 1 is 1.25 bits per heavy atom. The molecule has 0 saturated heterocycles. The molecular weight excluding hydrogens is 359 g/mol. The van der Waals surface area contributed by atoms with Crippen molar-refractivity contribution in [3.63, 3.8) is 0 Å². The molecule has 0 atom stereocenters. The molecule has 2 amide bonds. The van der Waals surface area contributed by atoms with E-state index in [9.17, 15) is 14.0 Å². The van der Waals surface area contributed by atoms with Gasteiger partial charge in [0.05, 0.1) is 16.7 Å². The van der Waals surface area contributed by atoms with Gasteiger partial charge < -0.3 is 15.0 Å². The first-order valence-corrected chi connectivity index (χ1v) is 9.34. The van der Waals surface area contributed by atoms with E-state index < -0.39 is 17.1 Å². The number of fused-ring (bicyclic) bond motifs is 1. The number of anilines is 2. The summed E-state index contributed by atoms with van der Waals surface area (Å²) in [5.41, 5.74) is 0.456. The van der Waals surface area contributed by atoms with Gasteiger partial charge in [0, 0.05) is 18.3 Å². The number of carbonyl (C=O) groups excluding carboxylic acids is 2. The Kier molecular flexibility index (Phi) is 5.40. The van der Waals surface area contributed by atoms with E-state index in [1.165, 1.54) is 18.2 Å². The van der Waals surface area contributed by atoms with Crippen LogP contribution in [-0.4, -0.2) is 25.0 Å². The van der Waals surface area contributed by atoms with Gasteiger partial charge in [-0.25, -0.2) is 4.39 Å². The summed E-state index contributed by atoms with van der Waals surface area (Å²) in [6.45, 7) is 8.62. The summed E-state index contributed by atoms with van der Waals surface area (Å²) < 4.78 is 19.8. The van der Waals surface area contributed by atoms with Crippen LogP contribution >= 0.6 is 0 Å². The molecule has 0 radical (unpaired) electrons. The molecule has 5 nitrogen and oxygen atoms in total. The fourth-order valence-corrected chi connectivity index (χ4v) is 3.12. The summed E-state index contributed by atoms with van der Waals surface area (Å²) in [6.07, 6.45) is 0. The van der Waals surface area contributed by atoms with Gasteiger partial charge in [-0.1, -0.05) is 26.0 Å². The normalized spacial score (nSPS) is 15.6. The van der Waals surface area contributed by atoms with Crippen molar-refractivity contribution in [3.8, 4) is 5.75 Å². The first-order valence-electron chi connectivity index (χ1n) is 9.34. The highest BCUT2D eigenvalue weighted by molar-refractivity contribution is 6.05. The van der Waals surface area contributed by atoms with E-state index >= 15 is 0 Å². The van der Waals surface area contributed by atoms with Gasteiger partial charge in [0.2, 0.25) is 5.91 Å². The van der Waals surface area contributed by atoms with Gasteiger partial charge in [0.1, 0.15) is 18.2 Å². The summed E-state index contributed by atoms with van der Waals surface area (Å²) in [7, 11) is 0. The molecule has 148 valence electrons. The van der Waals surface area contributed by atoms with E-state index in [4.69, 9.17) is 4.74 Å². The van der Waals surface area contributed by atoms with Crippen molar-refractivity contribution in [1.29, 1.82) is 0 Å². The molecule has 2 aromatic carbocycles. The molecule has 0 aromatic heterocycles. The van der Waals surface area contributed by atoms with E-state index in [0.717, 1.165) is 0 Å². The molecule has 0 bridgehead atoms. The Morgan fingerprint density at radius 3 is 2.64 bits per heavy atom. The summed E-state index contributed by atoms with van der Waals surface area (Å²) in [4.78, 5) is 27.1. The molecule has 0 aliphatic carbocycles. The Hall–Kier alpha value is -2.89. The number of rotatable bonds is 4. The largest absolute Gasteiger partial charge is 0.490 e. The second-order valence-electron chi connectivity index (χ2n) is 8.10. The maximum Gasteiger partial charge on any atom is 0.258 e. The molecule has 1 heterocycles. The molecule has 1 N–H and O–H groups in total. The van der Waals surface area contributed by atoms with Crippen LogP contribution in [0.15, 0.2) is 42.5 Å². The van der Waals surface area contributed by atoms with E-state index in [1.54, 1.807) is 29.2 Å². The summed E-state index contributed by atoms with van der Waals surface area (Å²) in [5.74, 6) is -0.316. The molecule has 0 spiro atoms. The van der Waals surface area contributed by atoms with Gasteiger partial charge in [-0.05, 0) is 44.0 Å². The number of hydrogen-bond acceptors (Lipinski definition) is 3. The standard InChI is InChI=1S/C22H25FN2O3/c1-14(2)12-25-18-10-9-15(11-19(18)28-13-22(3,4)21(25)27)24-20(26)16-7-5-6-8-17(16)23/h5-11,14H,12-13H2,1-4H3,(H,24,26). The third-order valence-corrected chi connectivity index (χ3v) is 4.59. The highest BCUT2D eigenvalue weighted by Gasteiger charge is 2.38. The zero-order valence-electron chi connectivity index (χ0n) is 16.6. The minimum atomic E-state index is -0.662. The number of nitrogens with one attached hydrogen (secondary N) is 1. The quantitative estimate of drug-likeness (QED) is 0.845. The summed E-state index contributed by atoms with van der Waals surface area (Å²) in [6, 6.07) is 10.9. The smallest absolute Gasteiger partial charge is 0.258 e. The fourth-order valence-electron chi connectivity index (χ4n) is 3.12. The van der Waals surface area contributed by atoms with Gasteiger partial charge in [0.15, 0.2) is 0 Å².